The van der Waals surface area contributed by atoms with Gasteiger partial charge in [0.2, 0.25) is 5.91 Å². The molecule has 0 aromatic heterocycles. The van der Waals surface area contributed by atoms with E-state index in [-0.39, 0.29) is 5.91 Å². The van der Waals surface area contributed by atoms with Crippen molar-refractivity contribution in [3.8, 4) is 5.75 Å². The zero-order chi connectivity index (χ0) is 12.8. The van der Waals surface area contributed by atoms with Crippen LogP contribution < -0.4 is 15.8 Å². The third-order valence-electron chi connectivity index (χ3n) is 2.54. The molecule has 0 bridgehead atoms. The Morgan fingerprint density at radius 3 is 2.82 bits per heavy atom. The molecular formula is C13H20N2O2. The lowest BCUT2D eigenvalue weighted by molar-refractivity contribution is -0.121. The number of methoxy groups -OCH3 is 1. The minimum atomic E-state index is -0.464. The van der Waals surface area contributed by atoms with Crippen molar-refractivity contribution >= 4 is 5.91 Å². The molecule has 0 aliphatic carbocycles. The average Bonchev–Trinajstić information content (AvgIpc) is 2.29. The first-order valence-corrected chi connectivity index (χ1v) is 5.71. The van der Waals surface area contributed by atoms with Crippen molar-refractivity contribution in [2.24, 2.45) is 5.73 Å². The molecule has 94 valence electrons. The second-order valence-corrected chi connectivity index (χ2v) is 4.15. The van der Waals surface area contributed by atoms with Crippen LogP contribution in [0.3, 0.4) is 0 Å². The highest BCUT2D eigenvalue weighted by Gasteiger charge is 2.07. The highest BCUT2D eigenvalue weighted by Crippen LogP contribution is 2.19. The molecule has 4 nitrogen and oxygen atoms in total. The van der Waals surface area contributed by atoms with Gasteiger partial charge in [-0.2, -0.15) is 0 Å². The number of nitrogens with two attached hydrogens (primary N) is 1. The van der Waals surface area contributed by atoms with E-state index in [2.05, 4.69) is 11.4 Å². The Bertz CT molecular complexity index is 389. The molecule has 1 aromatic carbocycles. The van der Waals surface area contributed by atoms with Crippen LogP contribution in [0.15, 0.2) is 18.2 Å². The van der Waals surface area contributed by atoms with Gasteiger partial charge in [0, 0.05) is 6.54 Å². The molecule has 0 fully saturated rings. The SMILES string of the molecule is COc1ccc(C)cc1CCNC(=O)[C@@H](C)N. The number of rotatable bonds is 5. The highest BCUT2D eigenvalue weighted by atomic mass is 16.5. The standard InChI is InChI=1S/C13H20N2O2/c1-9-4-5-12(17-3)11(8-9)6-7-15-13(16)10(2)14/h4-5,8,10H,6-7,14H2,1-3H3,(H,15,16)/t10-/m1/s1. The van der Waals surface area contributed by atoms with E-state index in [0.717, 1.165) is 17.7 Å². The van der Waals surface area contributed by atoms with Gasteiger partial charge in [0.15, 0.2) is 0 Å². The highest BCUT2D eigenvalue weighted by molar-refractivity contribution is 5.80. The number of benzene rings is 1. The lowest BCUT2D eigenvalue weighted by Gasteiger charge is -2.11. The van der Waals surface area contributed by atoms with Gasteiger partial charge < -0.3 is 15.8 Å². The van der Waals surface area contributed by atoms with E-state index < -0.39 is 6.04 Å². The average molecular weight is 236 g/mol. The van der Waals surface area contributed by atoms with Crippen molar-refractivity contribution in [1.29, 1.82) is 0 Å². The topological polar surface area (TPSA) is 64.3 Å². The van der Waals surface area contributed by atoms with Gasteiger partial charge in [0.05, 0.1) is 13.2 Å². The van der Waals surface area contributed by atoms with E-state index >= 15 is 0 Å². The van der Waals surface area contributed by atoms with Crippen LogP contribution in [-0.2, 0) is 11.2 Å². The summed E-state index contributed by atoms with van der Waals surface area (Å²) >= 11 is 0. The maximum atomic E-state index is 11.3. The van der Waals surface area contributed by atoms with Gasteiger partial charge in [0.25, 0.3) is 0 Å². The van der Waals surface area contributed by atoms with E-state index in [0.29, 0.717) is 6.54 Å². The second kappa shape index (κ2) is 6.25. The molecule has 3 N–H and O–H groups in total. The van der Waals surface area contributed by atoms with E-state index in [1.165, 1.54) is 5.56 Å². The monoisotopic (exact) mass is 236 g/mol. The van der Waals surface area contributed by atoms with E-state index in [4.69, 9.17) is 10.5 Å². The first kappa shape index (κ1) is 13.5. The smallest absolute Gasteiger partial charge is 0.236 e. The predicted molar refractivity (Wildman–Crippen MR) is 68.1 cm³/mol. The zero-order valence-electron chi connectivity index (χ0n) is 10.6. The number of amides is 1. The Labute approximate surface area is 102 Å². The molecule has 0 saturated heterocycles. The van der Waals surface area contributed by atoms with Crippen LogP contribution in [0.5, 0.6) is 5.75 Å². The molecule has 1 rings (SSSR count). The van der Waals surface area contributed by atoms with Crippen molar-refractivity contribution in [2.45, 2.75) is 26.3 Å². The molecular weight excluding hydrogens is 216 g/mol. The quantitative estimate of drug-likeness (QED) is 0.802. The lowest BCUT2D eigenvalue weighted by Crippen LogP contribution is -2.39. The summed E-state index contributed by atoms with van der Waals surface area (Å²) in [6, 6.07) is 5.55. The third-order valence-corrected chi connectivity index (χ3v) is 2.54. The summed E-state index contributed by atoms with van der Waals surface area (Å²) in [6.45, 7) is 4.27. The lowest BCUT2D eigenvalue weighted by atomic mass is 10.1. The summed E-state index contributed by atoms with van der Waals surface area (Å²) in [4.78, 5) is 11.3. The molecule has 17 heavy (non-hydrogen) atoms. The summed E-state index contributed by atoms with van der Waals surface area (Å²) in [5.41, 5.74) is 7.73. The van der Waals surface area contributed by atoms with Gasteiger partial charge >= 0.3 is 0 Å². The Kier molecular flexibility index (Phi) is 4.97. The minimum absolute atomic E-state index is 0.128. The predicted octanol–water partition coefficient (Wildman–Crippen LogP) is 1.01. The van der Waals surface area contributed by atoms with Gasteiger partial charge in [-0.05, 0) is 31.9 Å². The van der Waals surface area contributed by atoms with Crippen LogP contribution >= 0.6 is 0 Å². The van der Waals surface area contributed by atoms with E-state index in [1.54, 1.807) is 14.0 Å². The number of carbonyl (C=O) groups is 1. The van der Waals surface area contributed by atoms with Crippen molar-refractivity contribution < 1.29 is 9.53 Å². The molecule has 0 aliphatic rings. The summed E-state index contributed by atoms with van der Waals surface area (Å²) < 4.78 is 5.27. The Morgan fingerprint density at radius 2 is 2.24 bits per heavy atom. The third kappa shape index (κ3) is 4.07. The Hall–Kier alpha value is -1.55. The molecule has 1 atom stereocenters. The largest absolute Gasteiger partial charge is 0.496 e. The number of carbonyl (C=O) groups excluding carboxylic acids is 1. The van der Waals surface area contributed by atoms with E-state index in [1.807, 2.05) is 19.1 Å². The minimum Gasteiger partial charge on any atom is -0.496 e. The molecule has 0 unspecified atom stereocenters. The van der Waals surface area contributed by atoms with Gasteiger partial charge in [-0.3, -0.25) is 4.79 Å². The number of hydrogen-bond donors (Lipinski definition) is 2. The zero-order valence-corrected chi connectivity index (χ0v) is 10.6. The molecule has 0 radical (unpaired) electrons. The molecule has 1 aromatic rings. The van der Waals surface area contributed by atoms with Crippen LogP contribution in [0.2, 0.25) is 0 Å². The van der Waals surface area contributed by atoms with Crippen LogP contribution in [0, 0.1) is 6.92 Å². The Balaban J connectivity index is 2.56. The fourth-order valence-corrected chi connectivity index (χ4v) is 1.58. The maximum Gasteiger partial charge on any atom is 0.236 e. The first-order chi connectivity index (χ1) is 8.04. The van der Waals surface area contributed by atoms with Crippen molar-refractivity contribution in [3.05, 3.63) is 29.3 Å². The molecule has 0 saturated carbocycles. The van der Waals surface area contributed by atoms with Crippen molar-refractivity contribution in [3.63, 3.8) is 0 Å². The molecule has 1 amide bonds. The molecule has 0 aliphatic heterocycles. The van der Waals surface area contributed by atoms with Crippen LogP contribution in [0.25, 0.3) is 0 Å². The summed E-state index contributed by atoms with van der Waals surface area (Å²) in [5.74, 6) is 0.724. The summed E-state index contributed by atoms with van der Waals surface area (Å²) in [6.07, 6.45) is 0.739. The fraction of sp³-hybridized carbons (Fsp3) is 0.462. The number of hydrogen-bond acceptors (Lipinski definition) is 3. The van der Waals surface area contributed by atoms with Crippen LogP contribution in [0.4, 0.5) is 0 Å². The molecule has 0 spiro atoms. The van der Waals surface area contributed by atoms with Gasteiger partial charge in [0.1, 0.15) is 5.75 Å². The second-order valence-electron chi connectivity index (χ2n) is 4.15. The molecule has 4 heteroatoms. The van der Waals surface area contributed by atoms with Crippen molar-refractivity contribution in [2.75, 3.05) is 13.7 Å². The van der Waals surface area contributed by atoms with Crippen molar-refractivity contribution in [1.82, 2.24) is 5.32 Å². The van der Waals surface area contributed by atoms with E-state index in [9.17, 15) is 4.79 Å². The number of aryl methyl sites for hydroxylation is 1. The van der Waals surface area contributed by atoms with Gasteiger partial charge in [-0.15, -0.1) is 0 Å². The summed E-state index contributed by atoms with van der Waals surface area (Å²) in [5, 5.41) is 2.78. The van der Waals surface area contributed by atoms with Gasteiger partial charge in [-0.1, -0.05) is 17.7 Å². The molecule has 0 heterocycles. The van der Waals surface area contributed by atoms with Crippen LogP contribution in [0.1, 0.15) is 18.1 Å². The fourth-order valence-electron chi connectivity index (χ4n) is 1.58. The first-order valence-electron chi connectivity index (χ1n) is 5.71. The Morgan fingerprint density at radius 1 is 1.53 bits per heavy atom. The van der Waals surface area contributed by atoms with Crippen LogP contribution in [-0.4, -0.2) is 25.6 Å². The number of nitrogens with one attached hydrogen (secondary N) is 1. The number of ether oxygens (including phenoxy) is 1. The van der Waals surface area contributed by atoms with Gasteiger partial charge in [-0.25, -0.2) is 0 Å². The summed E-state index contributed by atoms with van der Waals surface area (Å²) in [7, 11) is 1.65. The normalized spacial score (nSPS) is 12.0. The maximum absolute atomic E-state index is 11.3.